The molecule has 1 heterocycles. The quantitative estimate of drug-likeness (QED) is 0.510. The van der Waals surface area contributed by atoms with E-state index in [1.54, 1.807) is 21.3 Å². The van der Waals surface area contributed by atoms with Crippen molar-refractivity contribution < 1.29 is 28.8 Å². The van der Waals surface area contributed by atoms with Crippen LogP contribution in [0.2, 0.25) is 0 Å². The summed E-state index contributed by atoms with van der Waals surface area (Å²) in [5.74, 6) is 2.67. The fourth-order valence-electron chi connectivity index (χ4n) is 3.58. The Kier molecular flexibility index (Phi) is 8.38. The predicted octanol–water partition coefficient (Wildman–Crippen LogP) is -0.843. The van der Waals surface area contributed by atoms with Gasteiger partial charge in [0.2, 0.25) is 5.75 Å². The van der Waals surface area contributed by atoms with E-state index in [0.717, 1.165) is 44.0 Å². The summed E-state index contributed by atoms with van der Waals surface area (Å²) in [6.45, 7) is 11.8. The van der Waals surface area contributed by atoms with Crippen molar-refractivity contribution in [2.24, 2.45) is 5.92 Å². The van der Waals surface area contributed by atoms with E-state index in [9.17, 15) is 4.79 Å². The lowest BCUT2D eigenvalue weighted by Crippen LogP contribution is -3.28. The minimum atomic E-state index is 0.154. The molecule has 0 bridgehead atoms. The third-order valence-electron chi connectivity index (χ3n) is 5.69. The Balaban J connectivity index is 1.90. The molecule has 158 valence electrons. The summed E-state index contributed by atoms with van der Waals surface area (Å²) in [5.41, 5.74) is 1.11. The summed E-state index contributed by atoms with van der Waals surface area (Å²) in [4.78, 5) is 15.1. The van der Waals surface area contributed by atoms with Crippen LogP contribution in [0.4, 0.5) is 0 Å². The number of carbonyl (C=O) groups is 1. The molecule has 0 saturated carbocycles. The van der Waals surface area contributed by atoms with Gasteiger partial charge in [-0.1, -0.05) is 13.8 Å². The summed E-state index contributed by atoms with van der Waals surface area (Å²) in [5, 5.41) is 3.11. The van der Waals surface area contributed by atoms with Crippen molar-refractivity contribution in [1.29, 1.82) is 0 Å². The maximum atomic E-state index is 12.2. The van der Waals surface area contributed by atoms with E-state index in [0.29, 0.717) is 24.0 Å². The van der Waals surface area contributed by atoms with Crippen LogP contribution in [0.3, 0.4) is 0 Å². The Morgan fingerprint density at radius 3 is 2.11 bits per heavy atom. The number of piperazine rings is 1. The van der Waals surface area contributed by atoms with Gasteiger partial charge < -0.3 is 29.3 Å². The molecular formula is C21H37N3O4+2. The van der Waals surface area contributed by atoms with Crippen LogP contribution in [0.25, 0.3) is 0 Å². The number of amides is 1. The first-order chi connectivity index (χ1) is 13.4. The highest BCUT2D eigenvalue weighted by atomic mass is 16.5. The zero-order valence-corrected chi connectivity index (χ0v) is 18.2. The second-order valence-corrected chi connectivity index (χ2v) is 7.95. The molecule has 1 atom stereocenters. The van der Waals surface area contributed by atoms with Crippen molar-refractivity contribution in [2.75, 3.05) is 54.1 Å². The highest BCUT2D eigenvalue weighted by molar-refractivity contribution is 5.77. The molecule has 1 aliphatic rings. The minimum absolute atomic E-state index is 0.154. The number of hydrogen-bond acceptors (Lipinski definition) is 4. The lowest BCUT2D eigenvalue weighted by atomic mass is 10.1. The largest absolute Gasteiger partial charge is 0.493 e. The molecule has 0 unspecified atom stereocenters. The average molecular weight is 396 g/mol. The summed E-state index contributed by atoms with van der Waals surface area (Å²) in [6, 6.07) is 4.20. The van der Waals surface area contributed by atoms with Crippen LogP contribution in [-0.4, -0.2) is 66.0 Å². The minimum Gasteiger partial charge on any atom is -0.493 e. The van der Waals surface area contributed by atoms with Gasteiger partial charge in [-0.2, -0.15) is 0 Å². The number of hydrogen-bond donors (Lipinski definition) is 3. The molecular weight excluding hydrogens is 358 g/mol. The van der Waals surface area contributed by atoms with E-state index in [1.165, 1.54) is 9.80 Å². The molecule has 0 aromatic heterocycles. The van der Waals surface area contributed by atoms with Crippen molar-refractivity contribution in [1.82, 2.24) is 5.32 Å². The van der Waals surface area contributed by atoms with Gasteiger partial charge >= 0.3 is 0 Å². The number of nitrogens with one attached hydrogen (secondary N) is 3. The fourth-order valence-corrected chi connectivity index (χ4v) is 3.58. The van der Waals surface area contributed by atoms with E-state index in [1.807, 2.05) is 12.1 Å². The second-order valence-electron chi connectivity index (χ2n) is 7.95. The molecule has 1 aromatic carbocycles. The van der Waals surface area contributed by atoms with Gasteiger partial charge in [0.1, 0.15) is 32.7 Å². The van der Waals surface area contributed by atoms with Gasteiger partial charge in [0.15, 0.2) is 18.0 Å². The van der Waals surface area contributed by atoms with Crippen LogP contribution in [0, 0.1) is 5.92 Å². The topological polar surface area (TPSA) is 65.7 Å². The van der Waals surface area contributed by atoms with Crippen molar-refractivity contribution in [3.8, 4) is 17.2 Å². The van der Waals surface area contributed by atoms with Crippen LogP contribution in [0.1, 0.15) is 26.3 Å². The molecule has 7 heteroatoms. The molecule has 0 radical (unpaired) electrons. The third-order valence-corrected chi connectivity index (χ3v) is 5.69. The van der Waals surface area contributed by atoms with Crippen LogP contribution in [-0.2, 0) is 11.3 Å². The summed E-state index contributed by atoms with van der Waals surface area (Å²) in [7, 11) is 4.92. The molecule has 0 aliphatic carbocycles. The van der Waals surface area contributed by atoms with Gasteiger partial charge in [-0.15, -0.1) is 0 Å². The molecule has 1 aliphatic heterocycles. The van der Waals surface area contributed by atoms with Crippen molar-refractivity contribution >= 4 is 5.91 Å². The Hall–Kier alpha value is -1.99. The highest BCUT2D eigenvalue weighted by Crippen LogP contribution is 2.39. The molecule has 1 saturated heterocycles. The first-order valence-corrected chi connectivity index (χ1v) is 10.1. The van der Waals surface area contributed by atoms with E-state index < -0.39 is 0 Å². The molecule has 28 heavy (non-hydrogen) atoms. The Morgan fingerprint density at radius 1 is 0.964 bits per heavy atom. The van der Waals surface area contributed by atoms with Gasteiger partial charge in [0.25, 0.3) is 5.91 Å². The van der Waals surface area contributed by atoms with E-state index >= 15 is 0 Å². The monoisotopic (exact) mass is 395 g/mol. The van der Waals surface area contributed by atoms with E-state index in [2.05, 4.69) is 26.1 Å². The maximum Gasteiger partial charge on any atom is 0.275 e. The van der Waals surface area contributed by atoms with Crippen LogP contribution in [0.5, 0.6) is 17.2 Å². The number of carbonyl (C=O) groups excluding carboxylic acids is 1. The summed E-state index contributed by atoms with van der Waals surface area (Å²) < 4.78 is 16.5. The molecule has 3 N–H and O–H groups in total. The first kappa shape index (κ1) is 22.3. The maximum absolute atomic E-state index is 12.2. The van der Waals surface area contributed by atoms with Crippen molar-refractivity contribution in [3.63, 3.8) is 0 Å². The van der Waals surface area contributed by atoms with E-state index in [4.69, 9.17) is 14.2 Å². The SMILES string of the molecule is COc1ccc(C[NH+]2CC[NH+](CC(=O)N[C@@H](C)C(C)C)CC2)c(OC)c1OC. The number of quaternary nitrogens is 2. The third kappa shape index (κ3) is 5.75. The van der Waals surface area contributed by atoms with Gasteiger partial charge in [-0.25, -0.2) is 0 Å². The number of ether oxygens (including phenoxy) is 3. The lowest BCUT2D eigenvalue weighted by molar-refractivity contribution is -1.02. The Labute approximate surface area is 168 Å². The first-order valence-electron chi connectivity index (χ1n) is 10.1. The van der Waals surface area contributed by atoms with Crippen LogP contribution < -0.4 is 29.3 Å². The van der Waals surface area contributed by atoms with Crippen molar-refractivity contribution in [3.05, 3.63) is 17.7 Å². The van der Waals surface area contributed by atoms with Gasteiger partial charge in [-0.3, -0.25) is 4.79 Å². The van der Waals surface area contributed by atoms with Crippen LogP contribution in [0.15, 0.2) is 12.1 Å². The van der Waals surface area contributed by atoms with Crippen LogP contribution >= 0.6 is 0 Å². The van der Waals surface area contributed by atoms with Gasteiger partial charge in [-0.05, 0) is 25.0 Å². The summed E-state index contributed by atoms with van der Waals surface area (Å²) in [6.07, 6.45) is 0. The second kappa shape index (κ2) is 10.5. The highest BCUT2D eigenvalue weighted by Gasteiger charge is 2.27. The summed E-state index contributed by atoms with van der Waals surface area (Å²) >= 11 is 0. The molecule has 1 fully saturated rings. The van der Waals surface area contributed by atoms with E-state index in [-0.39, 0.29) is 11.9 Å². The fraction of sp³-hybridized carbons (Fsp3) is 0.667. The Bertz CT molecular complexity index is 643. The average Bonchev–Trinajstić information content (AvgIpc) is 2.68. The number of methoxy groups -OCH3 is 3. The zero-order chi connectivity index (χ0) is 20.7. The standard InChI is InChI=1S/C21H35N3O4/c1-15(2)16(3)22-19(25)14-24-11-9-23(10-12-24)13-17-7-8-18(26-4)21(28-6)20(17)27-5/h7-8,15-16H,9-14H2,1-6H3,(H,22,25)/p+2/t16-/m0/s1. The molecule has 1 aromatic rings. The molecule has 2 rings (SSSR count). The molecule has 1 amide bonds. The molecule has 7 nitrogen and oxygen atoms in total. The lowest BCUT2D eigenvalue weighted by Gasteiger charge is -2.30. The Morgan fingerprint density at radius 2 is 1.57 bits per heavy atom. The normalized spacial score (nSPS) is 20.5. The zero-order valence-electron chi connectivity index (χ0n) is 18.2. The molecule has 0 spiro atoms. The number of rotatable bonds is 9. The van der Waals surface area contributed by atoms with Crippen molar-refractivity contribution in [2.45, 2.75) is 33.4 Å². The van der Waals surface area contributed by atoms with Gasteiger partial charge in [0, 0.05) is 6.04 Å². The smallest absolute Gasteiger partial charge is 0.275 e. The predicted molar refractivity (Wildman–Crippen MR) is 109 cm³/mol. The van der Waals surface area contributed by atoms with Gasteiger partial charge in [0.05, 0.1) is 26.9 Å². The number of benzene rings is 1.